The first-order chi connectivity index (χ1) is 4.72. The lowest BCUT2D eigenvalue weighted by atomic mass is 10.2. The van der Waals surface area contributed by atoms with E-state index in [1.165, 1.54) is 0 Å². The second kappa shape index (κ2) is 8.71. The molecule has 0 unspecified atom stereocenters. The van der Waals surface area contributed by atoms with Crippen molar-refractivity contribution in [3.05, 3.63) is 0 Å². The molecule has 0 amide bonds. The van der Waals surface area contributed by atoms with Gasteiger partial charge in [-0.15, -0.1) is 0 Å². The Balaban J connectivity index is 0. The number of likely N-dealkylation sites (N-methyl/N-ethyl adjacent to an activating group) is 1. The fourth-order valence-electron chi connectivity index (χ4n) is 0.642. The summed E-state index contributed by atoms with van der Waals surface area (Å²) >= 11 is 4.72. The summed E-state index contributed by atoms with van der Waals surface area (Å²) in [6.45, 7) is 0. The van der Waals surface area contributed by atoms with E-state index in [1.807, 2.05) is 6.26 Å². The van der Waals surface area contributed by atoms with Crippen molar-refractivity contribution < 1.29 is 17.2 Å². The third-order valence-corrected chi connectivity index (χ3v) is 2.27. The Morgan fingerprint density at radius 3 is 2.55 bits per heavy atom. The van der Waals surface area contributed by atoms with Crippen molar-refractivity contribution in [2.45, 2.75) is 12.5 Å². The Morgan fingerprint density at radius 2 is 2.27 bits per heavy atom. The first-order valence-electron chi connectivity index (χ1n) is 3.14. The van der Waals surface area contributed by atoms with E-state index in [1.54, 1.807) is 18.8 Å². The molecule has 0 saturated carbocycles. The zero-order valence-electron chi connectivity index (χ0n) is 6.69. The second-order valence-electron chi connectivity index (χ2n) is 1.99. The van der Waals surface area contributed by atoms with Gasteiger partial charge in [0.25, 0.3) is 0 Å². The highest BCUT2D eigenvalue weighted by Crippen LogP contribution is 2.00. The third kappa shape index (κ3) is 7.00. The highest BCUT2D eigenvalue weighted by molar-refractivity contribution is 7.98. The highest BCUT2D eigenvalue weighted by Gasteiger charge is 2.16. The van der Waals surface area contributed by atoms with Crippen molar-refractivity contribution in [1.29, 1.82) is 0 Å². The molecule has 0 aliphatic rings. The summed E-state index contributed by atoms with van der Waals surface area (Å²) in [4.78, 5) is 10.7. The molecule has 68 valence electrons. The molecule has 2 nitrogen and oxygen atoms in total. The van der Waals surface area contributed by atoms with Gasteiger partial charge in [-0.2, -0.15) is 11.8 Å². The predicted octanol–water partition coefficient (Wildman–Crippen LogP) is -3.13. The first kappa shape index (κ1) is 14.2. The normalized spacial score (nSPS) is 11.9. The number of rotatable bonds is 5. The van der Waals surface area contributed by atoms with E-state index in [0.29, 0.717) is 0 Å². The summed E-state index contributed by atoms with van der Waals surface area (Å²) in [7, 11) is 1.79. The molecule has 0 saturated heterocycles. The summed E-state index contributed by atoms with van der Waals surface area (Å²) < 4.78 is 0. The molecule has 1 N–H and O–H groups in total. The molecule has 0 rings (SSSR count). The Hall–Kier alpha value is 0.620. The fourth-order valence-corrected chi connectivity index (χ4v) is 1.40. The van der Waals surface area contributed by atoms with Crippen LogP contribution in [0.5, 0.6) is 0 Å². The molecule has 0 aromatic heterocycles. The molecule has 0 aliphatic heterocycles. The van der Waals surface area contributed by atoms with E-state index in [0.717, 1.165) is 12.2 Å². The van der Waals surface area contributed by atoms with Gasteiger partial charge >= 0.3 is 5.12 Å². The lowest BCUT2D eigenvalue weighted by Gasteiger charge is -2.06. The topological polar surface area (TPSA) is 29.1 Å². The number of thioether (sulfide) groups is 1. The van der Waals surface area contributed by atoms with Gasteiger partial charge in [-0.3, -0.25) is 0 Å². The van der Waals surface area contributed by atoms with E-state index < -0.39 is 0 Å². The number of hydrogen-bond acceptors (Lipinski definition) is 3. The molecule has 0 spiro atoms. The van der Waals surface area contributed by atoms with Crippen LogP contribution in [0.3, 0.4) is 0 Å². The quantitative estimate of drug-likeness (QED) is 0.492. The maximum Gasteiger partial charge on any atom is 0.343 e. The Labute approximate surface area is 83.7 Å². The van der Waals surface area contributed by atoms with Crippen LogP contribution in [0, 0.1) is 0 Å². The van der Waals surface area contributed by atoms with Crippen molar-refractivity contribution in [1.82, 2.24) is 5.32 Å². The number of carbonyl (C=O) groups excluding carboxylic acids is 1. The van der Waals surface area contributed by atoms with Crippen LogP contribution in [0.15, 0.2) is 0 Å². The minimum Gasteiger partial charge on any atom is -1.00 e. The molecule has 5 heteroatoms. The predicted molar refractivity (Wildman–Crippen MR) is 51.0 cm³/mol. The number of hydrogen-bond donors (Lipinski definition) is 1. The van der Waals surface area contributed by atoms with Gasteiger partial charge in [-0.05, 0) is 25.5 Å². The minimum absolute atomic E-state index is 0. The van der Waals surface area contributed by atoms with Crippen LogP contribution in [0.4, 0.5) is 0 Å². The number of nitrogens with one attached hydrogen (secondary N) is 1. The summed E-state index contributed by atoms with van der Waals surface area (Å²) in [6, 6.07) is -0.0240. The molecule has 11 heavy (non-hydrogen) atoms. The van der Waals surface area contributed by atoms with Crippen molar-refractivity contribution in [3.63, 3.8) is 0 Å². The second-order valence-corrected chi connectivity index (χ2v) is 3.47. The molecule has 0 bridgehead atoms. The molecule has 0 heterocycles. The van der Waals surface area contributed by atoms with Gasteiger partial charge in [-0.25, -0.2) is 4.79 Å². The fraction of sp³-hybridized carbons (Fsp3) is 0.833. The third-order valence-electron chi connectivity index (χ3n) is 1.28. The van der Waals surface area contributed by atoms with E-state index in [4.69, 9.17) is 0 Å². The molecule has 0 aromatic carbocycles. The average Bonchev–Trinajstić information content (AvgIpc) is 1.89. The van der Waals surface area contributed by atoms with Crippen molar-refractivity contribution >= 4 is 29.5 Å². The van der Waals surface area contributed by atoms with Gasteiger partial charge in [-0.1, -0.05) is 0 Å². The molecule has 0 fully saturated rings. The Bertz CT molecular complexity index is 113. The lowest BCUT2D eigenvalue weighted by molar-refractivity contribution is -0.112. The molecule has 0 radical (unpaired) electrons. The zero-order chi connectivity index (χ0) is 7.98. The van der Waals surface area contributed by atoms with Gasteiger partial charge in [0.15, 0.2) is 0 Å². The number of carbonyl (C=O) groups is 1. The van der Waals surface area contributed by atoms with Crippen molar-refractivity contribution in [2.24, 2.45) is 0 Å². The maximum atomic E-state index is 10.7. The molecular formula is C6H14ClNOS2. The van der Waals surface area contributed by atoms with Crippen LogP contribution >= 0.6 is 11.8 Å². The molecule has 1 atom stereocenters. The van der Waals surface area contributed by atoms with Gasteiger partial charge in [0.2, 0.25) is 0 Å². The van der Waals surface area contributed by atoms with Gasteiger partial charge in [0.1, 0.15) is 6.04 Å². The summed E-state index contributed by atoms with van der Waals surface area (Å²) in [5, 5.41) is 2.96. The van der Waals surface area contributed by atoms with E-state index >= 15 is 0 Å². The van der Waals surface area contributed by atoms with Crippen LogP contribution in [0.25, 0.3) is 0 Å². The molecule has 0 aliphatic carbocycles. The maximum absolute atomic E-state index is 10.7. The number of halogens is 1. The van der Waals surface area contributed by atoms with Gasteiger partial charge in [0, 0.05) is 12.6 Å². The Kier molecular flexibility index (Phi) is 11.2. The van der Waals surface area contributed by atoms with Crippen molar-refractivity contribution in [3.8, 4) is 0 Å². The van der Waals surface area contributed by atoms with Gasteiger partial charge < -0.3 is 17.7 Å². The zero-order valence-corrected chi connectivity index (χ0v) is 9.26. The standard InChI is InChI=1S/C6H13NOS2.ClH/c1-7-5(6(8)9)3-4-10-2;/h5,7H,3-4H2,1-2H3,(H,8,9);1H/t5-;/m0./s1. The van der Waals surface area contributed by atoms with E-state index in [9.17, 15) is 4.79 Å². The van der Waals surface area contributed by atoms with Crippen LogP contribution < -0.4 is 17.7 Å². The lowest BCUT2D eigenvalue weighted by Crippen LogP contribution is -3.00. The summed E-state index contributed by atoms with van der Waals surface area (Å²) in [5.74, 6) is 1.02. The van der Waals surface area contributed by atoms with Crippen molar-refractivity contribution in [2.75, 3.05) is 19.1 Å². The summed E-state index contributed by atoms with van der Waals surface area (Å²) in [6.07, 6.45) is 2.92. The monoisotopic (exact) mass is 215 g/mol. The van der Waals surface area contributed by atoms with Gasteiger partial charge in [0.05, 0.1) is 0 Å². The van der Waals surface area contributed by atoms with Crippen LogP contribution in [0.2, 0.25) is 0 Å². The van der Waals surface area contributed by atoms with E-state index in [2.05, 4.69) is 17.9 Å². The smallest absolute Gasteiger partial charge is 0.343 e. The van der Waals surface area contributed by atoms with Crippen LogP contribution in [0.1, 0.15) is 6.42 Å². The van der Waals surface area contributed by atoms with Crippen LogP contribution in [-0.2, 0) is 17.4 Å². The Morgan fingerprint density at radius 1 is 1.73 bits per heavy atom. The SMILES string of the molecule is CN[C@@H](CCSC)C(=O)[SH2+].[Cl-]. The van der Waals surface area contributed by atoms with Crippen LogP contribution in [-0.4, -0.2) is 30.2 Å². The summed E-state index contributed by atoms with van der Waals surface area (Å²) in [5.41, 5.74) is 0. The highest BCUT2D eigenvalue weighted by atomic mass is 35.5. The first-order valence-corrected chi connectivity index (χ1v) is 5.03. The molecule has 0 aromatic rings. The average molecular weight is 216 g/mol. The molecular weight excluding hydrogens is 202 g/mol. The van der Waals surface area contributed by atoms with E-state index in [-0.39, 0.29) is 23.6 Å². The minimum atomic E-state index is -0.0240. The largest absolute Gasteiger partial charge is 1.00 e.